The number of nitrogens with zero attached hydrogens (tertiary/aromatic N) is 2. The van der Waals surface area contributed by atoms with E-state index < -0.39 is 87.1 Å². The van der Waals surface area contributed by atoms with Crippen molar-refractivity contribution in [2.24, 2.45) is 23.3 Å². The fourth-order valence-electron chi connectivity index (χ4n) is 7.03. The fourth-order valence-corrected chi connectivity index (χ4v) is 7.03. The number of phenols is 1. The molecule has 1 aliphatic heterocycles. The first kappa shape index (κ1) is 27.7. The van der Waals surface area contributed by atoms with Crippen molar-refractivity contribution in [2.45, 2.75) is 49.9 Å². The number of carbonyl (C=O) groups excluding carboxylic acids is 4. The number of rotatable bonds is 5. The minimum Gasteiger partial charge on any atom is -0.510 e. The number of ketones is 2. The number of aliphatic hydroxyl groups excluding tert-OH is 2. The van der Waals surface area contributed by atoms with Crippen LogP contribution in [0.25, 0.3) is 0 Å². The maximum Gasteiger partial charge on any atom is 0.255 e. The molecule has 8 N–H and O–H groups in total. The minimum atomic E-state index is -2.77. The highest BCUT2D eigenvalue weighted by Crippen LogP contribution is 2.52. The molecule has 1 heterocycles. The van der Waals surface area contributed by atoms with Crippen LogP contribution in [-0.2, 0) is 27.3 Å². The molecule has 4 aliphatic rings. The first-order valence-corrected chi connectivity index (χ1v) is 12.9. The van der Waals surface area contributed by atoms with E-state index in [4.69, 9.17) is 11.5 Å². The number of amides is 2. The van der Waals surface area contributed by atoms with E-state index in [9.17, 15) is 39.6 Å². The third kappa shape index (κ3) is 3.75. The lowest BCUT2D eigenvalue weighted by molar-refractivity contribution is -0.148. The topological polar surface area (TPSA) is 208 Å². The normalized spacial score (nSPS) is 30.4. The summed E-state index contributed by atoms with van der Waals surface area (Å²) in [6.07, 6.45) is 0.902. The van der Waals surface area contributed by atoms with Crippen LogP contribution in [0.2, 0.25) is 0 Å². The molecular weight excluding hydrogens is 527 g/mol. The number of Topliss-reactive ketones (excluding diaryl/α,β-unsaturated/α-hetero) is 2. The summed E-state index contributed by atoms with van der Waals surface area (Å²) in [6.45, 7) is 0.471. The highest BCUT2D eigenvalue weighted by Gasteiger charge is 2.63. The minimum absolute atomic E-state index is 0.0266. The van der Waals surface area contributed by atoms with Gasteiger partial charge in [0.05, 0.1) is 17.6 Å². The van der Waals surface area contributed by atoms with Crippen LogP contribution in [0, 0.1) is 17.7 Å². The van der Waals surface area contributed by atoms with E-state index >= 15 is 4.39 Å². The van der Waals surface area contributed by atoms with Crippen LogP contribution in [0.15, 0.2) is 28.7 Å². The fraction of sp³-hybridized carbons (Fsp3) is 0.481. The molecular formula is C27H31FN4O8. The van der Waals surface area contributed by atoms with Gasteiger partial charge in [-0.25, -0.2) is 4.39 Å². The van der Waals surface area contributed by atoms with Crippen molar-refractivity contribution in [1.29, 1.82) is 0 Å². The predicted molar refractivity (Wildman–Crippen MR) is 136 cm³/mol. The Kier molecular flexibility index (Phi) is 6.51. The summed E-state index contributed by atoms with van der Waals surface area (Å²) in [5.41, 5.74) is 6.32. The number of aromatic hydroxyl groups is 1. The number of benzene rings is 1. The number of aliphatic hydroxyl groups is 3. The molecule has 0 radical (unpaired) electrons. The Morgan fingerprint density at radius 3 is 2.48 bits per heavy atom. The highest BCUT2D eigenvalue weighted by atomic mass is 19.1. The van der Waals surface area contributed by atoms with Crippen molar-refractivity contribution < 1.29 is 44.0 Å². The molecule has 12 nitrogen and oxygen atoms in total. The number of primary amides is 2. The van der Waals surface area contributed by atoms with Crippen LogP contribution in [0.3, 0.4) is 0 Å². The molecule has 5 rings (SSSR count). The monoisotopic (exact) mass is 558 g/mol. The van der Waals surface area contributed by atoms with Crippen molar-refractivity contribution >= 4 is 23.4 Å². The van der Waals surface area contributed by atoms with E-state index in [-0.39, 0.29) is 36.1 Å². The van der Waals surface area contributed by atoms with Gasteiger partial charge >= 0.3 is 0 Å². The summed E-state index contributed by atoms with van der Waals surface area (Å²) < 4.78 is 15.9. The Morgan fingerprint density at radius 2 is 1.88 bits per heavy atom. The van der Waals surface area contributed by atoms with Crippen LogP contribution in [-0.4, -0.2) is 91.9 Å². The zero-order valence-electron chi connectivity index (χ0n) is 22.0. The summed E-state index contributed by atoms with van der Waals surface area (Å²) >= 11 is 0. The van der Waals surface area contributed by atoms with Crippen molar-refractivity contribution in [3.63, 3.8) is 0 Å². The van der Waals surface area contributed by atoms with Gasteiger partial charge in [-0.15, -0.1) is 0 Å². The van der Waals surface area contributed by atoms with Gasteiger partial charge in [0.1, 0.15) is 28.7 Å². The average molecular weight is 559 g/mol. The van der Waals surface area contributed by atoms with Gasteiger partial charge in [0.2, 0.25) is 11.7 Å². The maximum absolute atomic E-state index is 15.9. The van der Waals surface area contributed by atoms with Gasteiger partial charge in [0.25, 0.3) is 5.91 Å². The SMILES string of the molecule is CN(C)[C@@H]1C(O)=C(C(N)=O)C(=O)[C@@]2(O)C(O)=C3C(=O)c4c(O)cc(CN5CCC[C@@H]5C(N)=O)c(F)c4C[C@H]3C[C@@H]12. The number of nitrogens with two attached hydrogens (primary N) is 2. The second-order valence-electron chi connectivity index (χ2n) is 11.2. The van der Waals surface area contributed by atoms with Crippen LogP contribution < -0.4 is 11.5 Å². The standard InChI is InChI=1S/C27H31FN4O8/c1-31(2)20-13-7-10-6-12-17(15(33)8-11(19(12)28)9-32-5-3-4-14(32)25(29)38)21(34)16(10)23(36)27(13,40)24(37)18(22(20)35)26(30)39/h8,10,13-14,20,33,35-36,40H,3-7,9H2,1-2H3,(H2,29,38)(H2,30,39)/t10-,13-,14+,20-,27-/m0/s1. The van der Waals surface area contributed by atoms with E-state index in [0.29, 0.717) is 19.4 Å². The smallest absolute Gasteiger partial charge is 0.255 e. The van der Waals surface area contributed by atoms with Gasteiger partial charge in [-0.1, -0.05) is 0 Å². The molecule has 5 atom stereocenters. The van der Waals surface area contributed by atoms with Gasteiger partial charge in [-0.3, -0.25) is 29.0 Å². The van der Waals surface area contributed by atoms with Gasteiger partial charge in [-0.2, -0.15) is 0 Å². The molecule has 13 heteroatoms. The molecule has 40 heavy (non-hydrogen) atoms. The lowest BCUT2D eigenvalue weighted by atomic mass is 9.58. The molecule has 1 fully saturated rings. The highest BCUT2D eigenvalue weighted by molar-refractivity contribution is 6.24. The van der Waals surface area contributed by atoms with Gasteiger partial charge in [-0.05, 0) is 58.3 Å². The van der Waals surface area contributed by atoms with Crippen LogP contribution in [0.1, 0.15) is 40.7 Å². The quantitative estimate of drug-likeness (QED) is 0.260. The van der Waals surface area contributed by atoms with E-state index in [0.717, 1.165) is 6.07 Å². The van der Waals surface area contributed by atoms with E-state index in [1.54, 1.807) is 4.90 Å². The number of phenolic OH excluding ortho intramolecular Hbond substituents is 1. The second kappa shape index (κ2) is 9.39. The number of allylic oxidation sites excluding steroid dienone is 1. The zero-order chi connectivity index (χ0) is 29.4. The van der Waals surface area contributed by atoms with E-state index in [1.165, 1.54) is 19.0 Å². The Balaban J connectivity index is 1.61. The molecule has 3 aliphatic carbocycles. The van der Waals surface area contributed by atoms with Crippen molar-refractivity contribution in [3.05, 3.63) is 51.2 Å². The summed E-state index contributed by atoms with van der Waals surface area (Å²) in [4.78, 5) is 54.0. The number of hydrogen-bond acceptors (Lipinski definition) is 10. The molecule has 0 saturated carbocycles. The lowest BCUT2D eigenvalue weighted by Crippen LogP contribution is -2.63. The number of likely N-dealkylation sites (tertiary alicyclic amines) is 1. The van der Waals surface area contributed by atoms with Crippen molar-refractivity contribution in [2.75, 3.05) is 20.6 Å². The van der Waals surface area contributed by atoms with Crippen LogP contribution in [0.4, 0.5) is 4.39 Å². The molecule has 1 aromatic carbocycles. The number of hydrogen-bond donors (Lipinski definition) is 6. The summed E-state index contributed by atoms with van der Waals surface area (Å²) in [5.74, 6) is -9.27. The van der Waals surface area contributed by atoms with Crippen molar-refractivity contribution in [1.82, 2.24) is 9.80 Å². The molecule has 0 unspecified atom stereocenters. The number of carbonyl (C=O) groups is 4. The number of halogens is 1. The Morgan fingerprint density at radius 1 is 1.20 bits per heavy atom. The summed E-state index contributed by atoms with van der Waals surface area (Å²) in [5, 5.41) is 44.5. The molecule has 0 aromatic heterocycles. The first-order valence-electron chi connectivity index (χ1n) is 12.9. The van der Waals surface area contributed by atoms with Gasteiger partial charge < -0.3 is 31.9 Å². The third-order valence-corrected chi connectivity index (χ3v) is 8.80. The number of likely N-dealkylation sites (N-methyl/N-ethyl adjacent to an activating group) is 1. The molecule has 1 aromatic rings. The largest absolute Gasteiger partial charge is 0.510 e. The molecule has 214 valence electrons. The Labute approximate surface area is 228 Å². The third-order valence-electron chi connectivity index (χ3n) is 8.80. The Bertz CT molecular complexity index is 1440. The molecule has 2 amide bonds. The maximum atomic E-state index is 15.9. The summed E-state index contributed by atoms with van der Waals surface area (Å²) in [7, 11) is 3.05. The molecule has 1 saturated heterocycles. The van der Waals surface area contributed by atoms with Crippen LogP contribution >= 0.6 is 0 Å². The molecule has 0 spiro atoms. The summed E-state index contributed by atoms with van der Waals surface area (Å²) in [6, 6.07) is -0.643. The average Bonchev–Trinajstić information content (AvgIpc) is 3.32. The second-order valence-corrected chi connectivity index (χ2v) is 11.2. The predicted octanol–water partition coefficient (Wildman–Crippen LogP) is -0.291. The van der Waals surface area contributed by atoms with Crippen molar-refractivity contribution in [3.8, 4) is 5.75 Å². The number of fused-ring (bicyclic) bond motifs is 3. The van der Waals surface area contributed by atoms with Gasteiger partial charge in [0.15, 0.2) is 11.4 Å². The van der Waals surface area contributed by atoms with Gasteiger partial charge in [0, 0.05) is 29.2 Å². The van der Waals surface area contributed by atoms with E-state index in [2.05, 4.69) is 0 Å². The molecule has 0 bridgehead atoms. The Hall–Kier alpha value is -3.81. The zero-order valence-corrected chi connectivity index (χ0v) is 22.0. The van der Waals surface area contributed by atoms with Crippen LogP contribution in [0.5, 0.6) is 5.75 Å². The lowest BCUT2D eigenvalue weighted by Gasteiger charge is -2.50. The first-order chi connectivity index (χ1) is 18.7. The van der Waals surface area contributed by atoms with E-state index in [1.807, 2.05) is 0 Å².